The third kappa shape index (κ3) is 5.73. The second-order valence-corrected chi connectivity index (χ2v) is 6.83. The molecule has 0 atom stereocenters. The van der Waals surface area contributed by atoms with Crippen LogP contribution in [0.4, 0.5) is 0 Å². The number of halogens is 1. The van der Waals surface area contributed by atoms with E-state index in [1.807, 2.05) is 39.1 Å². The summed E-state index contributed by atoms with van der Waals surface area (Å²) in [7, 11) is 1.87. The maximum atomic E-state index is 4.70. The highest BCUT2D eigenvalue weighted by Gasteiger charge is 2.10. The molecule has 0 saturated heterocycles. The van der Waals surface area contributed by atoms with Gasteiger partial charge in [0.25, 0.3) is 0 Å². The Kier molecular flexibility index (Phi) is 8.17. The Balaban J connectivity index is 0.00000261. The fourth-order valence-corrected chi connectivity index (χ4v) is 3.42. The summed E-state index contributed by atoms with van der Waals surface area (Å²) < 4.78 is 1.73. The van der Waals surface area contributed by atoms with E-state index in [1.165, 1.54) is 11.2 Å². The zero-order valence-electron chi connectivity index (χ0n) is 15.6. The van der Waals surface area contributed by atoms with Crippen LogP contribution < -0.4 is 10.6 Å². The van der Waals surface area contributed by atoms with E-state index in [-0.39, 0.29) is 24.0 Å². The molecule has 0 radical (unpaired) electrons. The molecule has 2 N–H and O–H groups in total. The molecule has 0 aliphatic carbocycles. The van der Waals surface area contributed by atoms with Crippen LogP contribution in [0.5, 0.6) is 0 Å². The number of benzene rings is 1. The van der Waals surface area contributed by atoms with Crippen LogP contribution in [0.1, 0.15) is 23.3 Å². The summed E-state index contributed by atoms with van der Waals surface area (Å²) in [5.41, 5.74) is 2.19. The molecule has 3 rings (SSSR count). The number of hydrogen-bond donors (Lipinski definition) is 2. The van der Waals surface area contributed by atoms with Crippen molar-refractivity contribution in [3.63, 3.8) is 0 Å². The van der Waals surface area contributed by atoms with Crippen LogP contribution in [0.2, 0.25) is 0 Å². The average Bonchev–Trinajstić information content (AvgIpc) is 3.23. The first-order chi connectivity index (χ1) is 12.7. The molecule has 27 heavy (non-hydrogen) atoms. The standard InChI is InChI=1S/C18H23N7S.HI/c1-4-19-18(21-11-16-22-12-23-25(16)3)20-10-15-13(2)24-17(26-15)14-8-6-5-7-9-14;/h5-9,12H,4,10-11H2,1-3H3,(H2,19,20,21);1H. The van der Waals surface area contributed by atoms with Crippen molar-refractivity contribution in [2.45, 2.75) is 26.9 Å². The Morgan fingerprint density at radius 2 is 2.00 bits per heavy atom. The van der Waals surface area contributed by atoms with Crippen molar-refractivity contribution >= 4 is 41.3 Å². The largest absolute Gasteiger partial charge is 0.357 e. The van der Waals surface area contributed by atoms with Gasteiger partial charge in [-0.2, -0.15) is 5.10 Å². The average molecular weight is 497 g/mol. The summed E-state index contributed by atoms with van der Waals surface area (Å²) in [5, 5.41) is 11.7. The minimum atomic E-state index is 0. The number of thiazole rings is 1. The van der Waals surface area contributed by atoms with Crippen molar-refractivity contribution in [3.8, 4) is 10.6 Å². The van der Waals surface area contributed by atoms with Gasteiger partial charge in [0.1, 0.15) is 23.7 Å². The topological polar surface area (TPSA) is 80.0 Å². The Morgan fingerprint density at radius 3 is 2.67 bits per heavy atom. The van der Waals surface area contributed by atoms with E-state index in [1.54, 1.807) is 16.0 Å². The first kappa shape index (κ1) is 21.3. The van der Waals surface area contributed by atoms with Gasteiger partial charge in [0, 0.05) is 24.0 Å². The minimum Gasteiger partial charge on any atom is -0.357 e. The molecule has 2 heterocycles. The van der Waals surface area contributed by atoms with Crippen LogP contribution >= 0.6 is 35.3 Å². The minimum absolute atomic E-state index is 0. The molecule has 1 aromatic carbocycles. The smallest absolute Gasteiger partial charge is 0.191 e. The van der Waals surface area contributed by atoms with Gasteiger partial charge in [-0.15, -0.1) is 35.3 Å². The van der Waals surface area contributed by atoms with Crippen molar-refractivity contribution in [3.05, 3.63) is 53.1 Å². The summed E-state index contributed by atoms with van der Waals surface area (Å²) in [6, 6.07) is 10.3. The van der Waals surface area contributed by atoms with E-state index < -0.39 is 0 Å². The highest BCUT2D eigenvalue weighted by Crippen LogP contribution is 2.27. The van der Waals surface area contributed by atoms with Crippen molar-refractivity contribution < 1.29 is 0 Å². The van der Waals surface area contributed by atoms with Gasteiger partial charge < -0.3 is 10.6 Å². The molecule has 0 saturated carbocycles. The molecule has 7 nitrogen and oxygen atoms in total. The zero-order chi connectivity index (χ0) is 18.4. The van der Waals surface area contributed by atoms with Gasteiger partial charge in [-0.25, -0.2) is 15.0 Å². The van der Waals surface area contributed by atoms with Crippen LogP contribution in [0.15, 0.2) is 41.7 Å². The summed E-state index contributed by atoms with van der Waals surface area (Å²) in [5.74, 6) is 1.58. The summed E-state index contributed by atoms with van der Waals surface area (Å²) >= 11 is 1.71. The first-order valence-corrected chi connectivity index (χ1v) is 9.35. The van der Waals surface area contributed by atoms with E-state index in [9.17, 15) is 0 Å². The lowest BCUT2D eigenvalue weighted by Crippen LogP contribution is -2.36. The van der Waals surface area contributed by atoms with Gasteiger partial charge in [-0.3, -0.25) is 4.68 Å². The second-order valence-electron chi connectivity index (χ2n) is 5.74. The number of nitrogens with one attached hydrogen (secondary N) is 2. The van der Waals surface area contributed by atoms with E-state index in [2.05, 4.69) is 37.8 Å². The molecule has 0 unspecified atom stereocenters. The van der Waals surface area contributed by atoms with E-state index in [0.717, 1.165) is 34.6 Å². The van der Waals surface area contributed by atoms with Gasteiger partial charge in [0.15, 0.2) is 5.96 Å². The molecule has 2 aromatic heterocycles. The van der Waals surface area contributed by atoms with E-state index in [4.69, 9.17) is 4.98 Å². The molecule has 0 aliphatic rings. The highest BCUT2D eigenvalue weighted by molar-refractivity contribution is 14.0. The third-order valence-corrected chi connectivity index (χ3v) is 5.06. The lowest BCUT2D eigenvalue weighted by Gasteiger charge is -2.10. The molecule has 0 spiro atoms. The number of aryl methyl sites for hydroxylation is 2. The Labute approximate surface area is 180 Å². The molecule has 9 heteroatoms. The third-order valence-electron chi connectivity index (χ3n) is 3.86. The monoisotopic (exact) mass is 497 g/mol. The molecular formula is C18H24IN7S. The predicted octanol–water partition coefficient (Wildman–Crippen LogP) is 3.12. The number of hydrogen-bond acceptors (Lipinski definition) is 5. The molecule has 0 fully saturated rings. The molecule has 3 aromatic rings. The Hall–Kier alpha value is -2.01. The Morgan fingerprint density at radius 1 is 1.22 bits per heavy atom. The van der Waals surface area contributed by atoms with Crippen LogP contribution in [-0.4, -0.2) is 32.3 Å². The molecular weight excluding hydrogens is 473 g/mol. The van der Waals surface area contributed by atoms with Gasteiger partial charge in [-0.1, -0.05) is 30.3 Å². The normalized spacial score (nSPS) is 11.1. The van der Waals surface area contributed by atoms with E-state index in [0.29, 0.717) is 13.1 Å². The number of aliphatic imine (C=N–C) groups is 1. The second kappa shape index (κ2) is 10.4. The van der Waals surface area contributed by atoms with Crippen LogP contribution in [-0.2, 0) is 20.1 Å². The number of guanidine groups is 1. The summed E-state index contributed by atoms with van der Waals surface area (Å²) in [6.07, 6.45) is 1.54. The van der Waals surface area contributed by atoms with Crippen LogP contribution in [0.3, 0.4) is 0 Å². The van der Waals surface area contributed by atoms with Crippen LogP contribution in [0, 0.1) is 6.92 Å². The predicted molar refractivity (Wildman–Crippen MR) is 120 cm³/mol. The van der Waals surface area contributed by atoms with Crippen molar-refractivity contribution in [2.75, 3.05) is 6.54 Å². The van der Waals surface area contributed by atoms with Gasteiger partial charge >= 0.3 is 0 Å². The summed E-state index contributed by atoms with van der Waals surface area (Å²) in [4.78, 5) is 14.7. The van der Waals surface area contributed by atoms with Gasteiger partial charge in [0.05, 0.1) is 12.2 Å². The molecule has 0 amide bonds. The lowest BCUT2D eigenvalue weighted by atomic mass is 10.2. The number of aromatic nitrogens is 4. The van der Waals surface area contributed by atoms with E-state index >= 15 is 0 Å². The maximum absolute atomic E-state index is 4.70. The SMILES string of the molecule is CCNC(=NCc1ncnn1C)NCc1sc(-c2ccccc2)nc1C.I. The summed E-state index contributed by atoms with van der Waals surface area (Å²) in [6.45, 7) is 6.04. The van der Waals surface area contributed by atoms with Crippen molar-refractivity contribution in [2.24, 2.45) is 12.0 Å². The van der Waals surface area contributed by atoms with Gasteiger partial charge in [-0.05, 0) is 13.8 Å². The van der Waals surface area contributed by atoms with Crippen molar-refractivity contribution in [1.29, 1.82) is 0 Å². The van der Waals surface area contributed by atoms with Crippen molar-refractivity contribution in [1.82, 2.24) is 30.4 Å². The fraction of sp³-hybridized carbons (Fsp3) is 0.333. The quantitative estimate of drug-likeness (QED) is 0.311. The molecule has 0 aliphatic heterocycles. The number of nitrogens with zero attached hydrogens (tertiary/aromatic N) is 5. The fourth-order valence-electron chi connectivity index (χ4n) is 2.42. The highest BCUT2D eigenvalue weighted by atomic mass is 127. The van der Waals surface area contributed by atoms with Gasteiger partial charge in [0.2, 0.25) is 0 Å². The Bertz CT molecular complexity index is 873. The maximum Gasteiger partial charge on any atom is 0.191 e. The number of rotatable bonds is 6. The molecule has 0 bridgehead atoms. The van der Waals surface area contributed by atoms with Crippen LogP contribution in [0.25, 0.3) is 10.6 Å². The first-order valence-electron chi connectivity index (χ1n) is 8.54. The lowest BCUT2D eigenvalue weighted by molar-refractivity contribution is 0.697. The molecule has 144 valence electrons. The zero-order valence-corrected chi connectivity index (χ0v) is 18.8.